The molecule has 2 aromatic rings. The molecule has 4 heteroatoms. The van der Waals surface area contributed by atoms with Gasteiger partial charge in [-0.05, 0) is 41.7 Å². The standard InChI is InChI=1S/C18H15ClN2O/c19-17-7-2-1-6-14(17)15-9-16(15)18(22)21-11-13-5-3-4-12(8-13)10-20/h1-8,15-16H,9,11H2,(H,21,22). The smallest absolute Gasteiger partial charge is 0.224 e. The highest BCUT2D eigenvalue weighted by Gasteiger charge is 2.44. The van der Waals surface area contributed by atoms with Crippen LogP contribution in [0.3, 0.4) is 0 Å². The van der Waals surface area contributed by atoms with E-state index in [1.54, 1.807) is 12.1 Å². The molecule has 3 nitrogen and oxygen atoms in total. The van der Waals surface area contributed by atoms with E-state index in [9.17, 15) is 4.79 Å². The van der Waals surface area contributed by atoms with E-state index in [2.05, 4.69) is 11.4 Å². The normalized spacial score (nSPS) is 19.3. The van der Waals surface area contributed by atoms with Gasteiger partial charge in [0.15, 0.2) is 0 Å². The third-order valence-corrected chi connectivity index (χ3v) is 4.30. The van der Waals surface area contributed by atoms with Crippen molar-refractivity contribution in [2.45, 2.75) is 18.9 Å². The molecule has 3 rings (SSSR count). The van der Waals surface area contributed by atoms with Gasteiger partial charge in [0, 0.05) is 17.5 Å². The van der Waals surface area contributed by atoms with Crippen LogP contribution in [-0.2, 0) is 11.3 Å². The number of halogens is 1. The minimum Gasteiger partial charge on any atom is -0.352 e. The highest BCUT2D eigenvalue weighted by molar-refractivity contribution is 6.31. The van der Waals surface area contributed by atoms with Crippen molar-refractivity contribution >= 4 is 17.5 Å². The van der Waals surface area contributed by atoms with Crippen LogP contribution in [0.2, 0.25) is 5.02 Å². The van der Waals surface area contributed by atoms with Gasteiger partial charge < -0.3 is 5.32 Å². The Morgan fingerprint density at radius 3 is 2.86 bits per heavy atom. The van der Waals surface area contributed by atoms with Crippen molar-refractivity contribution in [3.63, 3.8) is 0 Å². The molecule has 0 aliphatic heterocycles. The van der Waals surface area contributed by atoms with Crippen LogP contribution >= 0.6 is 11.6 Å². The first-order chi connectivity index (χ1) is 10.7. The summed E-state index contributed by atoms with van der Waals surface area (Å²) in [5.41, 5.74) is 2.59. The zero-order chi connectivity index (χ0) is 15.5. The summed E-state index contributed by atoms with van der Waals surface area (Å²) in [6, 6.07) is 17.0. The maximum atomic E-state index is 12.2. The third-order valence-electron chi connectivity index (χ3n) is 3.95. The molecule has 1 saturated carbocycles. The number of carbonyl (C=O) groups is 1. The molecule has 0 heterocycles. The molecular formula is C18H15ClN2O. The Balaban J connectivity index is 1.58. The van der Waals surface area contributed by atoms with Crippen molar-refractivity contribution in [2.24, 2.45) is 5.92 Å². The van der Waals surface area contributed by atoms with Gasteiger partial charge in [0.25, 0.3) is 0 Å². The Morgan fingerprint density at radius 1 is 1.27 bits per heavy atom. The van der Waals surface area contributed by atoms with Crippen LogP contribution in [0, 0.1) is 17.2 Å². The Morgan fingerprint density at radius 2 is 2.09 bits per heavy atom. The lowest BCUT2D eigenvalue weighted by atomic mass is 10.1. The van der Waals surface area contributed by atoms with Gasteiger partial charge in [-0.25, -0.2) is 0 Å². The van der Waals surface area contributed by atoms with Gasteiger partial charge in [-0.2, -0.15) is 5.26 Å². The SMILES string of the molecule is N#Cc1cccc(CNC(=O)C2CC2c2ccccc2Cl)c1. The maximum absolute atomic E-state index is 12.2. The largest absolute Gasteiger partial charge is 0.352 e. The molecule has 2 unspecified atom stereocenters. The molecule has 22 heavy (non-hydrogen) atoms. The van der Waals surface area contributed by atoms with E-state index in [1.807, 2.05) is 36.4 Å². The van der Waals surface area contributed by atoms with E-state index in [4.69, 9.17) is 16.9 Å². The lowest BCUT2D eigenvalue weighted by Crippen LogP contribution is -2.24. The summed E-state index contributed by atoms with van der Waals surface area (Å²) in [4.78, 5) is 12.2. The molecule has 1 aliphatic carbocycles. The fraction of sp³-hybridized carbons (Fsp3) is 0.222. The molecule has 1 N–H and O–H groups in total. The quantitative estimate of drug-likeness (QED) is 0.937. The second kappa shape index (κ2) is 6.21. The Bertz CT molecular complexity index is 751. The van der Waals surface area contributed by atoms with Gasteiger partial charge in [0.1, 0.15) is 0 Å². The number of nitrogens with zero attached hydrogens (tertiary/aromatic N) is 1. The van der Waals surface area contributed by atoms with Gasteiger partial charge in [0.2, 0.25) is 5.91 Å². The molecule has 0 saturated heterocycles. The van der Waals surface area contributed by atoms with Crippen molar-refractivity contribution in [2.75, 3.05) is 0 Å². The molecule has 2 aromatic carbocycles. The Kier molecular flexibility index (Phi) is 4.13. The first-order valence-electron chi connectivity index (χ1n) is 7.20. The fourth-order valence-corrected chi connectivity index (χ4v) is 2.95. The topological polar surface area (TPSA) is 52.9 Å². The lowest BCUT2D eigenvalue weighted by Gasteiger charge is -2.06. The van der Waals surface area contributed by atoms with Gasteiger partial charge in [-0.3, -0.25) is 4.79 Å². The lowest BCUT2D eigenvalue weighted by molar-refractivity contribution is -0.122. The molecule has 0 radical (unpaired) electrons. The Hall–Kier alpha value is -2.31. The molecule has 0 spiro atoms. The van der Waals surface area contributed by atoms with Crippen LogP contribution < -0.4 is 5.32 Å². The van der Waals surface area contributed by atoms with Gasteiger partial charge in [0.05, 0.1) is 11.6 Å². The number of hydrogen-bond donors (Lipinski definition) is 1. The van der Waals surface area contributed by atoms with Crippen molar-refractivity contribution in [3.8, 4) is 6.07 Å². The summed E-state index contributed by atoms with van der Waals surface area (Å²) in [6.07, 6.45) is 0.841. The molecule has 110 valence electrons. The van der Waals surface area contributed by atoms with E-state index in [0.29, 0.717) is 12.1 Å². The average Bonchev–Trinajstić information content (AvgIpc) is 3.34. The van der Waals surface area contributed by atoms with Crippen molar-refractivity contribution in [1.29, 1.82) is 5.26 Å². The summed E-state index contributed by atoms with van der Waals surface area (Å²) in [5, 5.41) is 12.5. The summed E-state index contributed by atoms with van der Waals surface area (Å²) in [6.45, 7) is 0.445. The number of nitrogens with one attached hydrogen (secondary N) is 1. The second-order valence-corrected chi connectivity index (χ2v) is 5.91. The summed E-state index contributed by atoms with van der Waals surface area (Å²) < 4.78 is 0. The van der Waals surface area contributed by atoms with E-state index in [0.717, 1.165) is 22.6 Å². The molecule has 0 aromatic heterocycles. The van der Waals surface area contributed by atoms with Crippen LogP contribution in [0.15, 0.2) is 48.5 Å². The molecular weight excluding hydrogens is 296 g/mol. The highest BCUT2D eigenvalue weighted by Crippen LogP contribution is 2.49. The predicted octanol–water partition coefficient (Wildman–Crippen LogP) is 3.63. The molecule has 1 fully saturated rings. The first-order valence-corrected chi connectivity index (χ1v) is 7.58. The maximum Gasteiger partial charge on any atom is 0.224 e. The van der Waals surface area contributed by atoms with Crippen molar-refractivity contribution < 1.29 is 4.79 Å². The summed E-state index contributed by atoms with van der Waals surface area (Å²) >= 11 is 6.17. The molecule has 2 atom stereocenters. The van der Waals surface area contributed by atoms with E-state index < -0.39 is 0 Å². The number of benzene rings is 2. The van der Waals surface area contributed by atoms with Gasteiger partial charge in [-0.1, -0.05) is 41.9 Å². The van der Waals surface area contributed by atoms with Crippen LogP contribution in [0.25, 0.3) is 0 Å². The third kappa shape index (κ3) is 3.13. The van der Waals surface area contributed by atoms with Crippen LogP contribution in [0.5, 0.6) is 0 Å². The monoisotopic (exact) mass is 310 g/mol. The molecule has 1 amide bonds. The van der Waals surface area contributed by atoms with Crippen molar-refractivity contribution in [3.05, 3.63) is 70.2 Å². The number of nitriles is 1. The number of hydrogen-bond acceptors (Lipinski definition) is 2. The predicted molar refractivity (Wildman–Crippen MR) is 85.3 cm³/mol. The minimum absolute atomic E-state index is 0.000880. The van der Waals surface area contributed by atoms with Crippen LogP contribution in [0.1, 0.15) is 29.0 Å². The highest BCUT2D eigenvalue weighted by atomic mass is 35.5. The Labute approximate surface area is 134 Å². The van der Waals surface area contributed by atoms with Gasteiger partial charge >= 0.3 is 0 Å². The van der Waals surface area contributed by atoms with E-state index >= 15 is 0 Å². The minimum atomic E-state index is -0.000880. The zero-order valence-electron chi connectivity index (χ0n) is 11.9. The second-order valence-electron chi connectivity index (χ2n) is 5.50. The number of carbonyl (C=O) groups excluding carboxylic acids is 1. The average molecular weight is 311 g/mol. The van der Waals surface area contributed by atoms with Crippen LogP contribution in [-0.4, -0.2) is 5.91 Å². The molecule has 0 bridgehead atoms. The molecule has 1 aliphatic rings. The summed E-state index contributed by atoms with van der Waals surface area (Å²) in [7, 11) is 0. The van der Waals surface area contributed by atoms with E-state index in [-0.39, 0.29) is 17.7 Å². The first kappa shape index (κ1) is 14.6. The fourth-order valence-electron chi connectivity index (χ4n) is 2.68. The van der Waals surface area contributed by atoms with Crippen molar-refractivity contribution in [1.82, 2.24) is 5.32 Å². The summed E-state index contributed by atoms with van der Waals surface area (Å²) in [5.74, 6) is 0.269. The zero-order valence-corrected chi connectivity index (χ0v) is 12.7. The number of rotatable bonds is 4. The number of amides is 1. The van der Waals surface area contributed by atoms with Crippen LogP contribution in [0.4, 0.5) is 0 Å². The van der Waals surface area contributed by atoms with Gasteiger partial charge in [-0.15, -0.1) is 0 Å². The van der Waals surface area contributed by atoms with E-state index in [1.165, 1.54) is 0 Å².